The van der Waals surface area contributed by atoms with Crippen LogP contribution in [-0.4, -0.2) is 35.8 Å². The lowest BCUT2D eigenvalue weighted by atomic mass is 10.0. The van der Waals surface area contributed by atoms with Crippen LogP contribution in [-0.2, 0) is 0 Å². The van der Waals surface area contributed by atoms with Gasteiger partial charge in [0, 0.05) is 30.3 Å². The number of carbonyl (C=O) groups excluding carboxylic acids is 2. The maximum Gasteiger partial charge on any atom is 0.253 e. The third-order valence-corrected chi connectivity index (χ3v) is 4.32. The summed E-state index contributed by atoms with van der Waals surface area (Å²) in [7, 11) is 0. The Morgan fingerprint density at radius 2 is 1.60 bits per heavy atom. The van der Waals surface area contributed by atoms with Gasteiger partial charge in [0.2, 0.25) is 0 Å². The summed E-state index contributed by atoms with van der Waals surface area (Å²) in [6.07, 6.45) is 1.24. The van der Waals surface area contributed by atoms with Crippen molar-refractivity contribution in [1.82, 2.24) is 10.2 Å². The number of carbonyl (C=O) groups is 2. The van der Waals surface area contributed by atoms with E-state index in [4.69, 9.17) is 0 Å². The number of rotatable bonds is 3. The molecule has 2 aromatic rings. The van der Waals surface area contributed by atoms with Crippen molar-refractivity contribution in [3.05, 3.63) is 71.3 Å². The number of likely N-dealkylation sites (tertiary alicyclic amines) is 1. The third kappa shape index (κ3) is 4.02. The van der Waals surface area contributed by atoms with E-state index in [1.54, 1.807) is 29.2 Å². The van der Waals surface area contributed by atoms with Gasteiger partial charge in [0.15, 0.2) is 11.6 Å². The number of piperidine rings is 1. The van der Waals surface area contributed by atoms with E-state index in [0.29, 0.717) is 31.5 Å². The number of amides is 2. The molecule has 2 aromatic carbocycles. The van der Waals surface area contributed by atoms with Gasteiger partial charge in [-0.1, -0.05) is 18.2 Å². The summed E-state index contributed by atoms with van der Waals surface area (Å²) in [5.41, 5.74) is 0.730. The van der Waals surface area contributed by atoms with Crippen LogP contribution in [0.1, 0.15) is 33.6 Å². The number of hydrogen-bond donors (Lipinski definition) is 1. The molecule has 1 saturated heterocycles. The van der Waals surface area contributed by atoms with Gasteiger partial charge in [0.05, 0.1) is 0 Å². The molecule has 0 bridgehead atoms. The predicted octanol–water partition coefficient (Wildman–Crippen LogP) is 3.00. The van der Waals surface area contributed by atoms with Crippen LogP contribution in [0.4, 0.5) is 8.78 Å². The Kier molecular flexibility index (Phi) is 5.07. The molecule has 6 heteroatoms. The molecule has 0 atom stereocenters. The van der Waals surface area contributed by atoms with Gasteiger partial charge in [-0.05, 0) is 43.2 Å². The lowest BCUT2D eigenvalue weighted by Gasteiger charge is -2.32. The quantitative estimate of drug-likeness (QED) is 0.931. The van der Waals surface area contributed by atoms with Gasteiger partial charge in [-0.2, -0.15) is 0 Å². The fourth-order valence-corrected chi connectivity index (χ4v) is 2.90. The van der Waals surface area contributed by atoms with E-state index in [0.717, 1.165) is 12.1 Å². The van der Waals surface area contributed by atoms with Crippen molar-refractivity contribution < 1.29 is 18.4 Å². The first-order chi connectivity index (χ1) is 12.0. The van der Waals surface area contributed by atoms with Gasteiger partial charge < -0.3 is 10.2 Å². The Balaban J connectivity index is 1.55. The fraction of sp³-hybridized carbons (Fsp3) is 0.263. The second kappa shape index (κ2) is 7.42. The molecule has 1 N–H and O–H groups in total. The lowest BCUT2D eigenvalue weighted by molar-refractivity contribution is 0.0697. The molecule has 0 aromatic heterocycles. The minimum absolute atomic E-state index is 0.0123. The van der Waals surface area contributed by atoms with Crippen LogP contribution in [0.2, 0.25) is 0 Å². The molecule has 3 rings (SSSR count). The van der Waals surface area contributed by atoms with Gasteiger partial charge in [0.1, 0.15) is 0 Å². The van der Waals surface area contributed by atoms with Crippen LogP contribution in [0.3, 0.4) is 0 Å². The summed E-state index contributed by atoms with van der Waals surface area (Å²) >= 11 is 0. The molecular formula is C19H18F2N2O2. The van der Waals surface area contributed by atoms with Crippen LogP contribution < -0.4 is 5.32 Å². The van der Waals surface area contributed by atoms with Gasteiger partial charge in [-0.3, -0.25) is 9.59 Å². The highest BCUT2D eigenvalue weighted by atomic mass is 19.2. The molecular weight excluding hydrogens is 326 g/mol. The maximum atomic E-state index is 13.3. The molecule has 0 unspecified atom stereocenters. The van der Waals surface area contributed by atoms with Crippen LogP contribution >= 0.6 is 0 Å². The Morgan fingerprint density at radius 3 is 2.24 bits per heavy atom. The van der Waals surface area contributed by atoms with Crippen LogP contribution in [0.15, 0.2) is 48.5 Å². The first kappa shape index (κ1) is 17.1. The zero-order valence-corrected chi connectivity index (χ0v) is 13.5. The zero-order valence-electron chi connectivity index (χ0n) is 13.5. The Hall–Kier alpha value is -2.76. The van der Waals surface area contributed by atoms with Crippen molar-refractivity contribution in [3.63, 3.8) is 0 Å². The molecule has 0 spiro atoms. The first-order valence-corrected chi connectivity index (χ1v) is 8.15. The van der Waals surface area contributed by atoms with Crippen molar-refractivity contribution in [2.75, 3.05) is 13.1 Å². The second-order valence-corrected chi connectivity index (χ2v) is 6.03. The maximum absolute atomic E-state index is 13.3. The van der Waals surface area contributed by atoms with Gasteiger partial charge in [0.25, 0.3) is 11.8 Å². The minimum Gasteiger partial charge on any atom is -0.349 e. The van der Waals surface area contributed by atoms with Crippen molar-refractivity contribution in [1.29, 1.82) is 0 Å². The van der Waals surface area contributed by atoms with Gasteiger partial charge in [-0.15, -0.1) is 0 Å². The van der Waals surface area contributed by atoms with E-state index in [9.17, 15) is 18.4 Å². The number of benzene rings is 2. The highest BCUT2D eigenvalue weighted by Crippen LogP contribution is 2.16. The Bertz CT molecular complexity index is 772. The van der Waals surface area contributed by atoms with E-state index in [1.807, 2.05) is 6.07 Å². The Labute approximate surface area is 144 Å². The van der Waals surface area contributed by atoms with E-state index in [1.165, 1.54) is 6.07 Å². The highest BCUT2D eigenvalue weighted by molar-refractivity contribution is 5.95. The van der Waals surface area contributed by atoms with Crippen LogP contribution in [0.5, 0.6) is 0 Å². The van der Waals surface area contributed by atoms with Gasteiger partial charge >= 0.3 is 0 Å². The third-order valence-electron chi connectivity index (χ3n) is 4.32. The fourth-order valence-electron chi connectivity index (χ4n) is 2.90. The molecule has 25 heavy (non-hydrogen) atoms. The first-order valence-electron chi connectivity index (χ1n) is 8.15. The van der Waals surface area contributed by atoms with Crippen molar-refractivity contribution in [2.24, 2.45) is 0 Å². The molecule has 0 aliphatic carbocycles. The predicted molar refractivity (Wildman–Crippen MR) is 89.2 cm³/mol. The zero-order chi connectivity index (χ0) is 17.8. The van der Waals surface area contributed by atoms with Gasteiger partial charge in [-0.25, -0.2) is 8.78 Å². The minimum atomic E-state index is -1.03. The molecule has 2 amide bonds. The normalized spacial score (nSPS) is 15.0. The van der Waals surface area contributed by atoms with E-state index in [2.05, 4.69) is 5.32 Å². The molecule has 1 aliphatic rings. The summed E-state index contributed by atoms with van der Waals surface area (Å²) in [6.45, 7) is 0.912. The largest absolute Gasteiger partial charge is 0.349 e. The summed E-state index contributed by atoms with van der Waals surface area (Å²) in [4.78, 5) is 26.1. The smallest absolute Gasteiger partial charge is 0.253 e. The molecule has 1 aliphatic heterocycles. The number of hydrogen-bond acceptors (Lipinski definition) is 2. The number of nitrogens with one attached hydrogen (secondary N) is 1. The average molecular weight is 344 g/mol. The van der Waals surface area contributed by atoms with Crippen LogP contribution in [0, 0.1) is 11.6 Å². The Morgan fingerprint density at radius 1 is 0.920 bits per heavy atom. The van der Waals surface area contributed by atoms with Crippen molar-refractivity contribution in [3.8, 4) is 0 Å². The summed E-state index contributed by atoms with van der Waals surface area (Å²) in [6, 6.07) is 12.1. The summed E-state index contributed by atoms with van der Waals surface area (Å²) in [5.74, 6) is -2.47. The summed E-state index contributed by atoms with van der Waals surface area (Å²) in [5, 5.41) is 2.96. The lowest BCUT2D eigenvalue weighted by Crippen LogP contribution is -2.46. The van der Waals surface area contributed by atoms with E-state index < -0.39 is 11.6 Å². The SMILES string of the molecule is O=C(NC1CCN(C(=O)c2ccc(F)c(F)c2)CC1)c1ccccc1. The second-order valence-electron chi connectivity index (χ2n) is 6.03. The van der Waals surface area contributed by atoms with Crippen molar-refractivity contribution >= 4 is 11.8 Å². The molecule has 1 heterocycles. The molecule has 130 valence electrons. The number of halogens is 2. The van der Waals surface area contributed by atoms with E-state index in [-0.39, 0.29) is 23.4 Å². The summed E-state index contributed by atoms with van der Waals surface area (Å²) < 4.78 is 26.3. The highest BCUT2D eigenvalue weighted by Gasteiger charge is 2.25. The topological polar surface area (TPSA) is 49.4 Å². The monoisotopic (exact) mass is 344 g/mol. The number of nitrogens with zero attached hydrogens (tertiary/aromatic N) is 1. The molecule has 1 fully saturated rings. The molecule has 0 saturated carbocycles. The molecule has 4 nitrogen and oxygen atoms in total. The van der Waals surface area contributed by atoms with Crippen molar-refractivity contribution in [2.45, 2.75) is 18.9 Å². The van der Waals surface area contributed by atoms with E-state index >= 15 is 0 Å². The standard InChI is InChI=1S/C19H18F2N2O2/c20-16-7-6-14(12-17(16)21)19(25)23-10-8-15(9-11-23)22-18(24)13-4-2-1-3-5-13/h1-7,12,15H,8-11H2,(H,22,24). The average Bonchev–Trinajstić information content (AvgIpc) is 2.65. The van der Waals surface area contributed by atoms with Crippen LogP contribution in [0.25, 0.3) is 0 Å². The molecule has 0 radical (unpaired) electrons.